The van der Waals surface area contributed by atoms with E-state index in [1.54, 1.807) is 6.21 Å². The van der Waals surface area contributed by atoms with Crippen molar-refractivity contribution in [3.05, 3.63) is 38.6 Å². The number of hydrogen-bond acceptors (Lipinski definition) is 1. The van der Waals surface area contributed by atoms with Gasteiger partial charge in [0.25, 0.3) is 0 Å². The molecule has 58 valence electrons. The molecule has 3 heteroatoms. The minimum absolute atomic E-state index is 0.797. The van der Waals surface area contributed by atoms with E-state index in [4.69, 9.17) is 0 Å². The maximum absolute atomic E-state index is 10.6. The lowest BCUT2D eigenvalue weighted by Gasteiger charge is -1.95. The number of halogens is 1. The first kappa shape index (κ1) is 8.52. The van der Waals surface area contributed by atoms with E-state index in [0.717, 1.165) is 13.9 Å². The van der Waals surface area contributed by atoms with Crippen LogP contribution in [-0.2, 0) is 0 Å². The first-order valence-electron chi connectivity index (χ1n) is 3.19. The highest BCUT2D eigenvalue weighted by atomic mass is 127. The van der Waals surface area contributed by atoms with E-state index in [0.29, 0.717) is 0 Å². The molecule has 0 N–H and O–H groups in total. The second-order valence-electron chi connectivity index (χ2n) is 2.23. The Morgan fingerprint density at radius 3 is 2.82 bits per heavy atom. The second kappa shape index (κ2) is 3.71. The van der Waals surface area contributed by atoms with Gasteiger partial charge in [0.05, 0.1) is 0 Å². The van der Waals surface area contributed by atoms with E-state index >= 15 is 0 Å². The minimum atomic E-state index is 0.797. The van der Waals surface area contributed by atoms with E-state index in [1.165, 1.54) is 7.05 Å². The first-order valence-corrected chi connectivity index (χ1v) is 4.27. The fourth-order valence-electron chi connectivity index (χ4n) is 0.797. The van der Waals surface area contributed by atoms with Crippen LogP contribution in [0.1, 0.15) is 5.56 Å². The SMILES string of the molecule is C[N+]([O-])=Cc1cccc(I)c1. The van der Waals surface area contributed by atoms with Crippen molar-refractivity contribution in [3.8, 4) is 0 Å². The van der Waals surface area contributed by atoms with Crippen molar-refractivity contribution in [3.63, 3.8) is 0 Å². The molecular formula is C8H8INO. The molecule has 0 spiro atoms. The van der Waals surface area contributed by atoms with Crippen LogP contribution in [0.4, 0.5) is 0 Å². The molecule has 1 aromatic carbocycles. The lowest BCUT2D eigenvalue weighted by atomic mass is 10.2. The maximum atomic E-state index is 10.6. The van der Waals surface area contributed by atoms with Gasteiger partial charge >= 0.3 is 0 Å². The molecule has 0 saturated heterocycles. The smallest absolute Gasteiger partial charge is 0.181 e. The van der Waals surface area contributed by atoms with Crippen molar-refractivity contribution in [2.75, 3.05) is 7.05 Å². The summed E-state index contributed by atoms with van der Waals surface area (Å²) in [5, 5.41) is 10.6. The van der Waals surface area contributed by atoms with Crippen molar-refractivity contribution >= 4 is 28.8 Å². The Morgan fingerprint density at radius 2 is 2.27 bits per heavy atom. The van der Waals surface area contributed by atoms with Gasteiger partial charge in [0.1, 0.15) is 7.05 Å². The molecule has 0 aromatic heterocycles. The van der Waals surface area contributed by atoms with Crippen molar-refractivity contribution in [2.45, 2.75) is 0 Å². The first-order chi connectivity index (χ1) is 5.18. The minimum Gasteiger partial charge on any atom is -0.624 e. The van der Waals surface area contributed by atoms with Crippen LogP contribution < -0.4 is 0 Å². The van der Waals surface area contributed by atoms with Gasteiger partial charge in [0.15, 0.2) is 6.21 Å². The molecule has 0 aliphatic heterocycles. The third-order valence-corrected chi connectivity index (χ3v) is 1.85. The molecule has 11 heavy (non-hydrogen) atoms. The van der Waals surface area contributed by atoms with Gasteiger partial charge in [0.2, 0.25) is 0 Å². The molecule has 0 saturated carbocycles. The quantitative estimate of drug-likeness (QED) is 0.249. The fourth-order valence-corrected chi connectivity index (χ4v) is 1.36. The van der Waals surface area contributed by atoms with Crippen molar-refractivity contribution < 1.29 is 4.74 Å². The normalized spacial score (nSPS) is 11.6. The molecule has 0 aliphatic carbocycles. The third-order valence-electron chi connectivity index (χ3n) is 1.18. The van der Waals surface area contributed by atoms with Crippen LogP contribution in [0.25, 0.3) is 0 Å². The summed E-state index contributed by atoms with van der Waals surface area (Å²) < 4.78 is 1.93. The van der Waals surface area contributed by atoms with Crippen molar-refractivity contribution in [1.29, 1.82) is 0 Å². The summed E-state index contributed by atoms with van der Waals surface area (Å²) in [6.45, 7) is 0. The van der Waals surface area contributed by atoms with Crippen LogP contribution in [0.15, 0.2) is 24.3 Å². The van der Waals surface area contributed by atoms with E-state index in [2.05, 4.69) is 22.6 Å². The Morgan fingerprint density at radius 1 is 1.55 bits per heavy atom. The Bertz CT molecular complexity index is 279. The highest BCUT2D eigenvalue weighted by Gasteiger charge is 1.91. The molecular weight excluding hydrogens is 253 g/mol. The Hall–Kier alpha value is -0.580. The van der Waals surface area contributed by atoms with Crippen LogP contribution in [0.2, 0.25) is 0 Å². The Kier molecular flexibility index (Phi) is 2.87. The van der Waals surface area contributed by atoms with E-state index in [9.17, 15) is 5.21 Å². The Labute approximate surface area is 79.3 Å². The van der Waals surface area contributed by atoms with Gasteiger partial charge in [-0.25, -0.2) is 4.74 Å². The number of hydrogen-bond donors (Lipinski definition) is 0. The van der Waals surface area contributed by atoms with Gasteiger partial charge in [0, 0.05) is 9.13 Å². The number of nitrogens with zero attached hydrogens (tertiary/aromatic N) is 1. The van der Waals surface area contributed by atoms with Crippen LogP contribution in [0, 0.1) is 8.78 Å². The topological polar surface area (TPSA) is 26.1 Å². The summed E-state index contributed by atoms with van der Waals surface area (Å²) in [6.07, 6.45) is 1.54. The summed E-state index contributed by atoms with van der Waals surface area (Å²) in [6, 6.07) is 7.77. The Balaban J connectivity index is 2.97. The molecule has 0 heterocycles. The molecule has 2 nitrogen and oxygen atoms in total. The van der Waals surface area contributed by atoms with E-state index < -0.39 is 0 Å². The largest absolute Gasteiger partial charge is 0.624 e. The summed E-state index contributed by atoms with van der Waals surface area (Å²) in [4.78, 5) is 0. The molecule has 0 fully saturated rings. The molecule has 1 rings (SSSR count). The highest BCUT2D eigenvalue weighted by molar-refractivity contribution is 14.1. The summed E-state index contributed by atoms with van der Waals surface area (Å²) in [5.41, 5.74) is 0.939. The summed E-state index contributed by atoms with van der Waals surface area (Å²) >= 11 is 2.21. The predicted octanol–water partition coefficient (Wildman–Crippen LogP) is 1.85. The van der Waals surface area contributed by atoms with Crippen LogP contribution in [0.5, 0.6) is 0 Å². The molecule has 0 bridgehead atoms. The van der Waals surface area contributed by atoms with Crippen LogP contribution in [-0.4, -0.2) is 18.0 Å². The molecule has 1 aromatic rings. The fraction of sp³-hybridized carbons (Fsp3) is 0.125. The molecule has 0 unspecified atom stereocenters. The molecule has 0 radical (unpaired) electrons. The van der Waals surface area contributed by atoms with Crippen molar-refractivity contribution in [2.24, 2.45) is 0 Å². The maximum Gasteiger partial charge on any atom is 0.181 e. The van der Waals surface area contributed by atoms with Gasteiger partial charge in [-0.1, -0.05) is 6.07 Å². The van der Waals surface area contributed by atoms with Gasteiger partial charge in [-0.3, -0.25) is 0 Å². The number of hydroxylamine groups is 1. The number of rotatable bonds is 1. The standard InChI is InChI=1S/C8H8INO/c1-10(11)6-7-3-2-4-8(9)5-7/h2-6H,1H3. The molecule has 0 amide bonds. The monoisotopic (exact) mass is 261 g/mol. The average Bonchev–Trinajstić information content (AvgIpc) is 1.85. The van der Waals surface area contributed by atoms with Crippen LogP contribution >= 0.6 is 22.6 Å². The highest BCUT2D eigenvalue weighted by Crippen LogP contribution is 2.05. The predicted molar refractivity (Wildman–Crippen MR) is 53.9 cm³/mol. The zero-order chi connectivity index (χ0) is 8.27. The molecule has 0 atom stereocenters. The number of benzene rings is 1. The lowest BCUT2D eigenvalue weighted by Crippen LogP contribution is -1.97. The van der Waals surface area contributed by atoms with Gasteiger partial charge in [-0.15, -0.1) is 0 Å². The molecule has 0 aliphatic rings. The van der Waals surface area contributed by atoms with Crippen molar-refractivity contribution in [1.82, 2.24) is 0 Å². The zero-order valence-corrected chi connectivity index (χ0v) is 8.28. The van der Waals surface area contributed by atoms with E-state index in [-0.39, 0.29) is 0 Å². The summed E-state index contributed by atoms with van der Waals surface area (Å²) in [5.74, 6) is 0. The summed E-state index contributed by atoms with van der Waals surface area (Å²) in [7, 11) is 1.47. The van der Waals surface area contributed by atoms with Gasteiger partial charge in [-0.05, 0) is 40.8 Å². The van der Waals surface area contributed by atoms with Gasteiger partial charge < -0.3 is 5.21 Å². The van der Waals surface area contributed by atoms with E-state index in [1.807, 2.05) is 24.3 Å². The zero-order valence-electron chi connectivity index (χ0n) is 6.12. The van der Waals surface area contributed by atoms with Crippen LogP contribution in [0.3, 0.4) is 0 Å². The second-order valence-corrected chi connectivity index (χ2v) is 3.48. The third kappa shape index (κ3) is 2.88. The average molecular weight is 261 g/mol. The lowest BCUT2D eigenvalue weighted by molar-refractivity contribution is -0.416. The van der Waals surface area contributed by atoms with Gasteiger partial charge in [-0.2, -0.15) is 0 Å².